The van der Waals surface area contributed by atoms with Crippen LogP contribution in [0.1, 0.15) is 25.5 Å². The standard InChI is InChI=1S/C23H18Cl2F3NO3/c1-22(2)15(11-19(24)23(25,27)28)20(22)21(30)32-18(12-29)13-8-9-16(26)17(10-13)31-14-6-4-3-5-7-14/h3-11,15,18,20H,1-2H3. The van der Waals surface area contributed by atoms with Crippen molar-refractivity contribution in [2.45, 2.75) is 25.3 Å². The quantitative estimate of drug-likeness (QED) is 0.315. The third kappa shape index (κ3) is 5.20. The molecule has 1 aliphatic rings. The molecule has 0 saturated heterocycles. The van der Waals surface area contributed by atoms with Gasteiger partial charge in [0, 0.05) is 5.56 Å². The Hall–Kier alpha value is -2.69. The van der Waals surface area contributed by atoms with Gasteiger partial charge in [0.15, 0.2) is 11.6 Å². The Balaban J connectivity index is 1.76. The molecule has 4 nitrogen and oxygen atoms in total. The van der Waals surface area contributed by atoms with E-state index in [-0.39, 0.29) is 11.3 Å². The van der Waals surface area contributed by atoms with E-state index in [4.69, 9.17) is 32.7 Å². The molecule has 3 unspecified atom stereocenters. The van der Waals surface area contributed by atoms with E-state index in [2.05, 4.69) is 0 Å². The first-order chi connectivity index (χ1) is 14.9. The molecule has 3 rings (SSSR count). The number of hydrogen-bond acceptors (Lipinski definition) is 4. The van der Waals surface area contributed by atoms with Crippen LogP contribution in [0.25, 0.3) is 0 Å². The monoisotopic (exact) mass is 483 g/mol. The molecule has 0 spiro atoms. The van der Waals surface area contributed by atoms with E-state index < -0.39 is 45.6 Å². The third-order valence-corrected chi connectivity index (χ3v) is 6.01. The molecule has 1 aliphatic carbocycles. The summed E-state index contributed by atoms with van der Waals surface area (Å²) in [6, 6.07) is 14.0. The predicted octanol–water partition coefficient (Wildman–Crippen LogP) is 6.95. The van der Waals surface area contributed by atoms with Crippen molar-refractivity contribution in [3.8, 4) is 17.6 Å². The Morgan fingerprint density at radius 3 is 2.50 bits per heavy atom. The Labute approximate surface area is 193 Å². The van der Waals surface area contributed by atoms with E-state index in [1.165, 1.54) is 12.1 Å². The van der Waals surface area contributed by atoms with Gasteiger partial charge in [-0.25, -0.2) is 4.39 Å². The zero-order chi connectivity index (χ0) is 23.7. The lowest BCUT2D eigenvalue weighted by molar-refractivity contribution is -0.149. The van der Waals surface area contributed by atoms with Crippen LogP contribution in [0.3, 0.4) is 0 Å². The van der Waals surface area contributed by atoms with E-state index in [1.807, 2.05) is 6.07 Å². The van der Waals surface area contributed by atoms with Crippen LogP contribution in [0, 0.1) is 34.4 Å². The number of para-hydroxylation sites is 1. The van der Waals surface area contributed by atoms with Gasteiger partial charge in [-0.15, -0.1) is 0 Å². The smallest absolute Gasteiger partial charge is 0.358 e. The van der Waals surface area contributed by atoms with Crippen LogP contribution < -0.4 is 4.74 Å². The van der Waals surface area contributed by atoms with Gasteiger partial charge in [0.25, 0.3) is 0 Å². The van der Waals surface area contributed by atoms with Gasteiger partial charge in [-0.2, -0.15) is 14.0 Å². The molecule has 0 N–H and O–H groups in total. The highest BCUT2D eigenvalue weighted by Crippen LogP contribution is 2.60. The summed E-state index contributed by atoms with van der Waals surface area (Å²) in [5, 5.41) is 4.89. The molecule has 2 aromatic rings. The maximum Gasteiger partial charge on any atom is 0.358 e. The van der Waals surface area contributed by atoms with Crippen molar-refractivity contribution in [1.29, 1.82) is 5.26 Å². The molecule has 168 valence electrons. The summed E-state index contributed by atoms with van der Waals surface area (Å²) in [5.74, 6) is -2.63. The Kier molecular flexibility index (Phi) is 6.77. The van der Waals surface area contributed by atoms with Crippen LogP contribution >= 0.6 is 23.2 Å². The Morgan fingerprint density at radius 2 is 1.91 bits per heavy atom. The maximum atomic E-state index is 14.2. The SMILES string of the molecule is CC1(C)C(C=C(Cl)C(F)(F)Cl)C1C(=O)OC(C#N)c1ccc(F)c(Oc2ccccc2)c1. The minimum Gasteiger partial charge on any atom is -0.454 e. The van der Waals surface area contributed by atoms with E-state index in [0.29, 0.717) is 5.75 Å². The molecule has 3 atom stereocenters. The molecule has 1 fully saturated rings. The van der Waals surface area contributed by atoms with Crippen molar-refractivity contribution in [1.82, 2.24) is 0 Å². The summed E-state index contributed by atoms with van der Waals surface area (Å²) in [6.07, 6.45) is -0.321. The average Bonchev–Trinajstić information content (AvgIpc) is 3.27. The third-order valence-electron chi connectivity index (χ3n) is 5.34. The zero-order valence-electron chi connectivity index (χ0n) is 17.0. The first-order valence-electron chi connectivity index (χ1n) is 9.52. The van der Waals surface area contributed by atoms with Gasteiger partial charge in [-0.3, -0.25) is 4.79 Å². The van der Waals surface area contributed by atoms with Crippen molar-refractivity contribution >= 4 is 29.2 Å². The van der Waals surface area contributed by atoms with Crippen LogP contribution in [0.2, 0.25) is 0 Å². The number of allylic oxidation sites excluding steroid dienone is 2. The number of ether oxygens (including phenoxy) is 2. The highest BCUT2D eigenvalue weighted by molar-refractivity contribution is 6.38. The first-order valence-corrected chi connectivity index (χ1v) is 10.3. The number of nitriles is 1. The molecular formula is C23H18Cl2F3NO3. The van der Waals surface area contributed by atoms with Crippen LogP contribution in [0.4, 0.5) is 13.2 Å². The molecule has 0 radical (unpaired) electrons. The summed E-state index contributed by atoms with van der Waals surface area (Å²) >= 11 is 10.5. The fraction of sp³-hybridized carbons (Fsp3) is 0.304. The van der Waals surface area contributed by atoms with Crippen molar-refractivity contribution in [3.05, 3.63) is 71.0 Å². The molecular weight excluding hydrogens is 466 g/mol. The number of benzene rings is 2. The van der Waals surface area contributed by atoms with Gasteiger partial charge in [0.2, 0.25) is 6.10 Å². The van der Waals surface area contributed by atoms with Gasteiger partial charge in [0.1, 0.15) is 11.8 Å². The second kappa shape index (κ2) is 9.05. The van der Waals surface area contributed by atoms with E-state index in [1.54, 1.807) is 44.2 Å². The number of rotatable bonds is 7. The largest absolute Gasteiger partial charge is 0.454 e. The minimum atomic E-state index is -3.74. The summed E-state index contributed by atoms with van der Waals surface area (Å²) in [5.41, 5.74) is -0.520. The van der Waals surface area contributed by atoms with Crippen LogP contribution in [0.15, 0.2) is 59.6 Å². The minimum absolute atomic E-state index is 0.145. The van der Waals surface area contributed by atoms with Gasteiger partial charge >= 0.3 is 11.4 Å². The summed E-state index contributed by atoms with van der Waals surface area (Å²) in [4.78, 5) is 12.7. The van der Waals surface area contributed by atoms with E-state index in [0.717, 1.165) is 12.1 Å². The highest BCUT2D eigenvalue weighted by Gasteiger charge is 2.62. The molecule has 2 aromatic carbocycles. The first kappa shape index (κ1) is 24.0. The van der Waals surface area contributed by atoms with Crippen LogP contribution in [-0.2, 0) is 9.53 Å². The van der Waals surface area contributed by atoms with Gasteiger partial charge in [-0.05, 0) is 47.2 Å². The zero-order valence-corrected chi connectivity index (χ0v) is 18.5. The molecule has 0 bridgehead atoms. The lowest BCUT2D eigenvalue weighted by Crippen LogP contribution is -2.15. The van der Waals surface area contributed by atoms with Crippen molar-refractivity contribution in [3.63, 3.8) is 0 Å². The molecule has 1 saturated carbocycles. The Bertz CT molecular complexity index is 1080. The molecule has 32 heavy (non-hydrogen) atoms. The number of nitrogens with zero attached hydrogens (tertiary/aromatic N) is 1. The summed E-state index contributed by atoms with van der Waals surface area (Å²) in [7, 11) is 0. The van der Waals surface area contributed by atoms with Gasteiger partial charge in [-0.1, -0.05) is 55.8 Å². The number of carbonyl (C=O) groups excluding carboxylic acids is 1. The normalized spacial score (nSPS) is 20.8. The summed E-state index contributed by atoms with van der Waals surface area (Å²) in [6.45, 7) is 3.36. The lowest BCUT2D eigenvalue weighted by Gasteiger charge is -2.14. The van der Waals surface area contributed by atoms with Crippen LogP contribution in [-0.4, -0.2) is 11.4 Å². The molecule has 9 heteroatoms. The molecule has 0 aromatic heterocycles. The van der Waals surface area contributed by atoms with E-state index >= 15 is 0 Å². The van der Waals surface area contributed by atoms with Crippen molar-refractivity contribution in [2.24, 2.45) is 17.3 Å². The average molecular weight is 484 g/mol. The second-order valence-corrected chi connectivity index (χ2v) is 8.77. The second-order valence-electron chi connectivity index (χ2n) is 7.89. The number of carbonyl (C=O) groups is 1. The topological polar surface area (TPSA) is 59.3 Å². The predicted molar refractivity (Wildman–Crippen MR) is 113 cm³/mol. The number of alkyl halides is 3. The van der Waals surface area contributed by atoms with Crippen molar-refractivity contribution in [2.75, 3.05) is 0 Å². The maximum absolute atomic E-state index is 14.2. The molecule has 0 aliphatic heterocycles. The fourth-order valence-corrected chi connectivity index (χ4v) is 3.62. The highest BCUT2D eigenvalue weighted by atomic mass is 35.5. The number of halogens is 5. The molecule has 0 heterocycles. The summed E-state index contributed by atoms with van der Waals surface area (Å²) < 4.78 is 51.3. The van der Waals surface area contributed by atoms with Gasteiger partial charge in [0.05, 0.1) is 11.0 Å². The fourth-order valence-electron chi connectivity index (χ4n) is 3.43. The van der Waals surface area contributed by atoms with Crippen LogP contribution in [0.5, 0.6) is 11.5 Å². The number of hydrogen-bond donors (Lipinski definition) is 0. The van der Waals surface area contributed by atoms with E-state index in [9.17, 15) is 23.2 Å². The lowest BCUT2D eigenvalue weighted by atomic mass is 10.1. The number of esters is 1. The Morgan fingerprint density at radius 1 is 1.25 bits per heavy atom. The van der Waals surface area contributed by atoms with Gasteiger partial charge < -0.3 is 9.47 Å². The molecule has 0 amide bonds. The van der Waals surface area contributed by atoms with Crippen molar-refractivity contribution < 1.29 is 27.4 Å².